The molecule has 0 spiro atoms. The summed E-state index contributed by atoms with van der Waals surface area (Å²) in [5, 5.41) is 45.4. The molecule has 0 saturated carbocycles. The standard InChI is InChI=1S/C12H10N2O2.C11H11NO2.C10H6N2O2.C9H7NO2.CHN.12CH3.Na.24Y.H/c1-2-16-12(15)11-7-9-5-3-4-6-10(9)14(11)8-13;1-2-14-11(13)10-7-8-5-3-4-6-9(8)12-10;11-6-12-8-4-2-1-3-7(8)5-9(12)10(13)14;11-9(12)8-5-6-3-1-2-4-7(6)10-8;1-2;;;;;;;;;;;;;;;;;;;;;;;;;;;;;;;;;;;;;;/h3-7H,2H2,1H3;3-7,12H,2H2,1H3;1-5H,(H,13,14);1-5,10H,(H,11,12);1H;12*1H3;;;;;;;;;;;;;;;;;;;;;;;;;;/q;;;;;12*-1;+1;;;;;;;;;;;;;;;;;;;;;;;;;-1. The first-order valence-corrected chi connectivity index (χ1v) is 17.3. The first kappa shape index (κ1) is 227. The van der Waals surface area contributed by atoms with Crippen molar-refractivity contribution in [2.45, 2.75) is 13.8 Å². The van der Waals surface area contributed by atoms with Crippen LogP contribution in [0.4, 0.5) is 0 Å². The van der Waals surface area contributed by atoms with Crippen LogP contribution < -0.4 is 29.6 Å². The molecule has 0 atom stereocenters. The van der Waals surface area contributed by atoms with Gasteiger partial charge in [0.25, 0.3) is 0 Å². The summed E-state index contributed by atoms with van der Waals surface area (Å²) in [5.74, 6) is -2.79. The first-order chi connectivity index (χ1) is 28.1. The Labute approximate surface area is 1200 Å². The Morgan fingerprint density at radius 3 is 0.905 bits per heavy atom. The summed E-state index contributed by atoms with van der Waals surface area (Å²) in [6.45, 7) is 7.72. The molecule has 0 bridgehead atoms. The molecule has 8 aromatic rings. The minimum atomic E-state index is -1.09. The van der Waals surface area contributed by atoms with Crippen LogP contribution >= 0.6 is 0 Å². The van der Waals surface area contributed by atoms with Crippen molar-refractivity contribution < 1.29 is 855 Å². The van der Waals surface area contributed by atoms with E-state index in [0.29, 0.717) is 29.9 Å². The van der Waals surface area contributed by atoms with Gasteiger partial charge < -0.3 is 120 Å². The molecular formula is C55H72N7NaO8Y24-12. The smallest absolute Gasteiger partial charge is 1.00 e. The van der Waals surface area contributed by atoms with Gasteiger partial charge in [0.05, 0.1) is 24.2 Å². The zero-order valence-electron chi connectivity index (χ0n) is 59.0. The van der Waals surface area contributed by atoms with Crippen LogP contribution in [-0.2, 0) is 794 Å². The molecule has 0 aliphatic carbocycles. The summed E-state index contributed by atoms with van der Waals surface area (Å²) >= 11 is 0. The molecule has 0 amide bonds. The van der Waals surface area contributed by atoms with Crippen LogP contribution in [-0.4, -0.2) is 66.4 Å². The minimum Gasteiger partial charge on any atom is -1.00 e. The van der Waals surface area contributed by atoms with Gasteiger partial charge in [-0.1, -0.05) is 72.8 Å². The number of carbonyl (C=O) groups is 4. The zero-order valence-corrected chi connectivity index (χ0v) is 128. The maximum Gasteiger partial charge on any atom is 1.00 e. The molecule has 4 heterocycles. The Bertz CT molecular complexity index is 2860. The Morgan fingerprint density at radius 1 is 0.389 bits per heavy atom. The number of H-pyrrole nitrogens is 2. The number of aromatic nitrogens is 4. The third-order valence-electron chi connectivity index (χ3n) is 8.11. The largest absolute Gasteiger partial charge is 1.00 e. The van der Waals surface area contributed by atoms with E-state index >= 15 is 0 Å². The van der Waals surface area contributed by atoms with Crippen molar-refractivity contribution in [2.75, 3.05) is 13.2 Å². The second-order valence-corrected chi connectivity index (χ2v) is 11.6. The number of fused-ring (bicyclic) bond motifs is 4. The Morgan fingerprint density at radius 2 is 0.632 bits per heavy atom. The number of para-hydroxylation sites is 4. The van der Waals surface area contributed by atoms with Gasteiger partial charge in [-0.15, -0.1) is 0 Å². The quantitative estimate of drug-likeness (QED) is 0.0693. The number of esters is 2. The predicted octanol–water partition coefficient (Wildman–Crippen LogP) is 10.6. The molecule has 0 unspecified atom stereocenters. The fraction of sp³-hybridized carbons (Fsp3) is 0.0727. The van der Waals surface area contributed by atoms with Crippen LogP contribution in [0.15, 0.2) is 121 Å². The molecule has 4 aromatic carbocycles. The summed E-state index contributed by atoms with van der Waals surface area (Å²) in [5.41, 5.74) is 4.15. The van der Waals surface area contributed by atoms with Crippen molar-refractivity contribution in [1.82, 2.24) is 19.1 Å². The van der Waals surface area contributed by atoms with E-state index in [0.717, 1.165) is 37.1 Å². The summed E-state index contributed by atoms with van der Waals surface area (Å²) in [7, 11) is 0. The molecule has 95 heavy (non-hydrogen) atoms. The van der Waals surface area contributed by atoms with Crippen molar-refractivity contribution in [3.63, 3.8) is 0 Å². The fourth-order valence-electron chi connectivity index (χ4n) is 5.62. The maximum absolute atomic E-state index is 11.6. The van der Waals surface area contributed by atoms with Crippen LogP contribution in [0.5, 0.6) is 0 Å². The van der Waals surface area contributed by atoms with Crippen molar-refractivity contribution >= 4 is 67.5 Å². The Balaban J connectivity index is -0.0000000137. The van der Waals surface area contributed by atoms with Crippen molar-refractivity contribution in [1.29, 1.82) is 15.8 Å². The average molecular weight is 3120 g/mol. The zero-order chi connectivity index (χ0) is 42.2. The second-order valence-electron chi connectivity index (χ2n) is 11.6. The molecule has 24 radical (unpaired) electrons. The number of aromatic amines is 2. The molecule has 0 fully saturated rings. The number of benzene rings is 4. The molecular weight excluding hydrogens is 3040 g/mol. The molecule has 0 saturated heterocycles. The van der Waals surface area contributed by atoms with E-state index in [1.54, 1.807) is 62.4 Å². The van der Waals surface area contributed by atoms with E-state index in [1.807, 2.05) is 79.1 Å². The molecule has 0 aliphatic heterocycles. The SMILES string of the molecule is C#N.CCOC(=O)c1cc2ccccc2[nH]1.CCOC(=O)c1cc2ccccc2n1C#N.N#Cn1c(C(=O)O)cc2ccccc21.O=C(O)c1cc2ccccc2[nH]1.[CH3-].[CH3-].[CH3-].[CH3-].[CH3-].[CH3-].[CH3-].[CH3-].[CH3-].[CH3-].[CH3-].[CH3-].[H-].[Na+].[Y].[Y].[Y].[Y].[Y].[Y].[Y].[Y].[Y].[Y].[Y].[Y].[Y].[Y].[Y].[Y].[Y].[Y].[Y].[Y].[Y].[Y].[Y].[Y]. The molecule has 460 valence electrons. The molecule has 4 N–H and O–H groups in total. The van der Waals surface area contributed by atoms with E-state index in [2.05, 4.69) is 16.5 Å². The number of nitriles is 3. The topological polar surface area (TPSA) is 240 Å². The van der Waals surface area contributed by atoms with Gasteiger partial charge in [-0.3, -0.25) is 0 Å². The van der Waals surface area contributed by atoms with Gasteiger partial charge in [0.15, 0.2) is 12.4 Å². The fourth-order valence-corrected chi connectivity index (χ4v) is 5.62. The number of ether oxygens (including phenoxy) is 2. The Kier molecular flexibility index (Phi) is 332. The number of rotatable bonds is 6. The maximum atomic E-state index is 11.6. The van der Waals surface area contributed by atoms with Crippen LogP contribution in [0.2, 0.25) is 0 Å². The summed E-state index contributed by atoms with van der Waals surface area (Å²) < 4.78 is 12.2. The van der Waals surface area contributed by atoms with Gasteiger partial charge >= 0.3 is 53.4 Å². The van der Waals surface area contributed by atoms with Gasteiger partial charge in [-0.2, -0.15) is 10.5 Å². The number of nitrogens with zero attached hydrogens (tertiary/aromatic N) is 5. The average Bonchev–Trinajstić information content (AvgIpc) is 4.04. The van der Waals surface area contributed by atoms with Crippen molar-refractivity contribution in [2.24, 2.45) is 0 Å². The summed E-state index contributed by atoms with van der Waals surface area (Å²) in [6.07, 6.45) is 3.81. The molecule has 4 aromatic heterocycles. The van der Waals surface area contributed by atoms with Gasteiger partial charge in [-0.05, 0) is 62.4 Å². The number of aromatic carboxylic acids is 2. The molecule has 40 heteroatoms. The number of hydrogen-bond acceptors (Lipinski definition) is 9. The van der Waals surface area contributed by atoms with Gasteiger partial charge in [-0.25, -0.2) is 33.6 Å². The number of hydrogen-bond donors (Lipinski definition) is 4. The number of carbonyl (C=O) groups excluding carboxylic acids is 2. The number of nitrogens with one attached hydrogen (secondary N) is 2. The van der Waals surface area contributed by atoms with E-state index in [4.69, 9.17) is 35.5 Å². The molecule has 15 nitrogen and oxygen atoms in total. The second kappa shape index (κ2) is 139. The monoisotopic (exact) mass is 3120 g/mol. The van der Waals surface area contributed by atoms with E-state index in [1.165, 1.54) is 10.6 Å². The number of carboxylic acid groups (broad SMARTS) is 2. The van der Waals surface area contributed by atoms with Crippen LogP contribution in [0.3, 0.4) is 0 Å². The first-order valence-electron chi connectivity index (χ1n) is 17.3. The van der Waals surface area contributed by atoms with E-state index in [-0.39, 0.29) is 928 Å². The van der Waals surface area contributed by atoms with Crippen LogP contribution in [0.25, 0.3) is 43.6 Å². The summed E-state index contributed by atoms with van der Waals surface area (Å²) in [4.78, 5) is 50.1. The van der Waals surface area contributed by atoms with E-state index in [9.17, 15) is 19.2 Å². The third kappa shape index (κ3) is 83.6. The van der Waals surface area contributed by atoms with Crippen LogP contribution in [0, 0.1) is 124 Å². The van der Waals surface area contributed by atoms with Crippen molar-refractivity contribution in [3.05, 3.63) is 233 Å². The minimum absolute atomic E-state index is 0. The van der Waals surface area contributed by atoms with Crippen LogP contribution in [0.1, 0.15) is 57.2 Å². The predicted molar refractivity (Wildman–Crippen MR) is 293 cm³/mol. The van der Waals surface area contributed by atoms with Gasteiger partial charge in [0.2, 0.25) is 0 Å². The van der Waals surface area contributed by atoms with Crippen molar-refractivity contribution in [3.8, 4) is 19.0 Å². The molecule has 0 aliphatic rings. The molecule has 8 rings (SSSR count). The van der Waals surface area contributed by atoms with Gasteiger partial charge in [0.1, 0.15) is 22.8 Å². The summed E-state index contributed by atoms with van der Waals surface area (Å²) in [6, 6.07) is 36.2. The normalized spacial score (nSPS) is 6.00. The third-order valence-corrected chi connectivity index (χ3v) is 8.11. The van der Waals surface area contributed by atoms with E-state index < -0.39 is 17.9 Å². The van der Waals surface area contributed by atoms with Gasteiger partial charge in [0, 0.05) is 824 Å². The number of carboxylic acids is 2. The Hall–Kier alpha value is 18.9.